The number of hydrogen-bond donors (Lipinski definition) is 1. The molecule has 2 aliphatic heterocycles. The average molecular weight is 204 g/mol. The molecule has 3 rings (SSSR count). The third kappa shape index (κ3) is 1.12. The predicted octanol–water partition coefficient (Wildman–Crippen LogP) is 1.77. The number of hydrogen-bond acceptors (Lipinski definition) is 1. The second kappa shape index (κ2) is 2.82. The Morgan fingerprint density at radius 2 is 2.30 bits per heavy atom. The van der Waals surface area contributed by atoms with Crippen molar-refractivity contribution >= 4 is 15.9 Å². The lowest BCUT2D eigenvalue weighted by molar-refractivity contribution is 0.153. The van der Waals surface area contributed by atoms with Crippen molar-refractivity contribution in [2.75, 3.05) is 11.9 Å². The van der Waals surface area contributed by atoms with Crippen LogP contribution in [0.3, 0.4) is 0 Å². The molecule has 0 radical (unpaired) electrons. The highest BCUT2D eigenvalue weighted by atomic mass is 79.9. The summed E-state index contributed by atoms with van der Waals surface area (Å²) in [5.74, 6) is 1.92. The summed E-state index contributed by atoms with van der Waals surface area (Å²) in [5.41, 5.74) is 0. The summed E-state index contributed by atoms with van der Waals surface area (Å²) in [6, 6.07) is 0.837. The van der Waals surface area contributed by atoms with E-state index in [0.29, 0.717) is 0 Å². The van der Waals surface area contributed by atoms with Crippen LogP contribution in [0.5, 0.6) is 0 Å². The van der Waals surface area contributed by atoms with Crippen molar-refractivity contribution < 1.29 is 0 Å². The summed E-state index contributed by atoms with van der Waals surface area (Å²) in [5, 5.41) is 4.79. The molecule has 1 nitrogen and oxygen atoms in total. The van der Waals surface area contributed by atoms with E-state index in [4.69, 9.17) is 0 Å². The lowest BCUT2D eigenvalue weighted by Gasteiger charge is -2.42. The standard InChI is InChI=1S/C8H14BrN/c9-4-7-3-6-1-2-8(7)10-5-6/h6-8,10H,1-5H2. The molecule has 2 saturated heterocycles. The van der Waals surface area contributed by atoms with Gasteiger partial charge in [-0.05, 0) is 37.6 Å². The van der Waals surface area contributed by atoms with Gasteiger partial charge in [0.1, 0.15) is 0 Å². The van der Waals surface area contributed by atoms with Crippen LogP contribution < -0.4 is 5.32 Å². The van der Waals surface area contributed by atoms with Crippen LogP contribution in [0.4, 0.5) is 0 Å². The van der Waals surface area contributed by atoms with Crippen molar-refractivity contribution in [1.82, 2.24) is 5.32 Å². The van der Waals surface area contributed by atoms with Crippen LogP contribution in [0.1, 0.15) is 19.3 Å². The Bertz CT molecular complexity index is 118. The van der Waals surface area contributed by atoms with Crippen molar-refractivity contribution in [2.45, 2.75) is 25.3 Å². The fraction of sp³-hybridized carbons (Fsp3) is 1.00. The highest BCUT2D eigenvalue weighted by Crippen LogP contribution is 2.34. The predicted molar refractivity (Wildman–Crippen MR) is 46.4 cm³/mol. The first-order valence-corrected chi connectivity index (χ1v) is 5.31. The van der Waals surface area contributed by atoms with Crippen molar-refractivity contribution in [2.24, 2.45) is 11.8 Å². The minimum atomic E-state index is 0.837. The van der Waals surface area contributed by atoms with Crippen LogP contribution in [-0.4, -0.2) is 17.9 Å². The fourth-order valence-electron chi connectivity index (χ4n) is 2.30. The first-order chi connectivity index (χ1) is 4.90. The van der Waals surface area contributed by atoms with Crippen molar-refractivity contribution in [3.8, 4) is 0 Å². The van der Waals surface area contributed by atoms with Crippen LogP contribution >= 0.6 is 15.9 Å². The van der Waals surface area contributed by atoms with Crippen molar-refractivity contribution in [1.29, 1.82) is 0 Å². The lowest BCUT2D eigenvalue weighted by atomic mass is 9.75. The van der Waals surface area contributed by atoms with Gasteiger partial charge in [-0.1, -0.05) is 15.9 Å². The molecule has 3 aliphatic rings. The second-order valence-electron chi connectivity index (χ2n) is 3.61. The van der Waals surface area contributed by atoms with Crippen molar-refractivity contribution in [3.63, 3.8) is 0 Å². The van der Waals surface area contributed by atoms with Gasteiger partial charge in [-0.25, -0.2) is 0 Å². The summed E-state index contributed by atoms with van der Waals surface area (Å²) in [4.78, 5) is 0. The molecule has 10 heavy (non-hydrogen) atoms. The molecule has 2 heteroatoms. The van der Waals surface area contributed by atoms with Gasteiger partial charge in [0.25, 0.3) is 0 Å². The Labute approximate surface area is 70.7 Å². The summed E-state index contributed by atoms with van der Waals surface area (Å²) in [6.07, 6.45) is 4.35. The SMILES string of the molecule is BrCC1CC2CCC1NC2. The maximum Gasteiger partial charge on any atom is 0.0104 e. The zero-order valence-electron chi connectivity index (χ0n) is 6.15. The zero-order chi connectivity index (χ0) is 6.97. The third-order valence-electron chi connectivity index (χ3n) is 2.96. The van der Waals surface area contributed by atoms with Gasteiger partial charge in [0.2, 0.25) is 0 Å². The molecule has 0 amide bonds. The molecule has 0 spiro atoms. The number of fused-ring (bicyclic) bond motifs is 3. The Kier molecular flexibility index (Phi) is 2.01. The first-order valence-electron chi connectivity index (χ1n) is 4.19. The van der Waals surface area contributed by atoms with Gasteiger partial charge in [0.15, 0.2) is 0 Å². The lowest BCUT2D eigenvalue weighted by Crippen LogP contribution is -2.50. The topological polar surface area (TPSA) is 12.0 Å². The van der Waals surface area contributed by atoms with Crippen molar-refractivity contribution in [3.05, 3.63) is 0 Å². The Morgan fingerprint density at radius 3 is 2.60 bits per heavy atom. The molecule has 2 bridgehead atoms. The molecule has 58 valence electrons. The molecule has 3 atom stereocenters. The maximum absolute atomic E-state index is 3.59. The zero-order valence-corrected chi connectivity index (χ0v) is 7.73. The highest BCUT2D eigenvalue weighted by Gasteiger charge is 2.34. The van der Waals surface area contributed by atoms with E-state index in [0.717, 1.165) is 17.9 Å². The number of alkyl halides is 1. The average Bonchev–Trinajstić information content (AvgIpc) is 2.06. The number of piperidine rings is 2. The molecule has 3 fully saturated rings. The third-order valence-corrected chi connectivity index (χ3v) is 3.79. The first kappa shape index (κ1) is 7.11. The minimum absolute atomic E-state index is 0.837. The number of halogens is 1. The normalized spacial score (nSPS) is 45.9. The second-order valence-corrected chi connectivity index (χ2v) is 4.26. The molecule has 1 saturated carbocycles. The van der Waals surface area contributed by atoms with Gasteiger partial charge in [0, 0.05) is 11.4 Å². The quantitative estimate of drug-likeness (QED) is 0.642. The van der Waals surface area contributed by atoms with E-state index in [-0.39, 0.29) is 0 Å². The molecule has 2 heterocycles. The van der Waals surface area contributed by atoms with Gasteiger partial charge < -0.3 is 5.32 Å². The van der Waals surface area contributed by atoms with Gasteiger partial charge in [0.05, 0.1) is 0 Å². The van der Waals surface area contributed by atoms with Crippen LogP contribution in [-0.2, 0) is 0 Å². The summed E-state index contributed by atoms with van der Waals surface area (Å²) in [7, 11) is 0. The van der Waals surface area contributed by atoms with E-state index in [1.807, 2.05) is 0 Å². The minimum Gasteiger partial charge on any atom is -0.313 e. The summed E-state index contributed by atoms with van der Waals surface area (Å²) < 4.78 is 0. The van der Waals surface area contributed by atoms with Crippen LogP contribution in [0.25, 0.3) is 0 Å². The number of rotatable bonds is 1. The van der Waals surface area contributed by atoms with Gasteiger partial charge in [-0.15, -0.1) is 0 Å². The van der Waals surface area contributed by atoms with E-state index in [9.17, 15) is 0 Å². The van der Waals surface area contributed by atoms with E-state index in [1.165, 1.54) is 31.1 Å². The van der Waals surface area contributed by atoms with Gasteiger partial charge in [-0.2, -0.15) is 0 Å². The molecular formula is C8H14BrN. The molecule has 0 aromatic carbocycles. The Morgan fingerprint density at radius 1 is 1.40 bits per heavy atom. The molecule has 0 aromatic heterocycles. The summed E-state index contributed by atoms with van der Waals surface area (Å²) >= 11 is 3.57. The van der Waals surface area contributed by atoms with E-state index < -0.39 is 0 Å². The number of nitrogens with one attached hydrogen (secondary N) is 1. The van der Waals surface area contributed by atoms with Crippen LogP contribution in [0, 0.1) is 11.8 Å². The molecule has 1 aliphatic carbocycles. The summed E-state index contributed by atoms with van der Waals surface area (Å²) in [6.45, 7) is 1.29. The molecule has 0 aromatic rings. The van der Waals surface area contributed by atoms with Gasteiger partial charge in [-0.3, -0.25) is 0 Å². The van der Waals surface area contributed by atoms with Gasteiger partial charge >= 0.3 is 0 Å². The molecule has 3 unspecified atom stereocenters. The highest BCUT2D eigenvalue weighted by molar-refractivity contribution is 9.09. The van der Waals surface area contributed by atoms with E-state index >= 15 is 0 Å². The van der Waals surface area contributed by atoms with E-state index in [2.05, 4.69) is 21.2 Å². The van der Waals surface area contributed by atoms with Crippen LogP contribution in [0.15, 0.2) is 0 Å². The monoisotopic (exact) mass is 203 g/mol. The molecule has 1 N–H and O–H groups in total. The maximum atomic E-state index is 3.59. The largest absolute Gasteiger partial charge is 0.313 e. The Balaban J connectivity index is 2.01. The Hall–Kier alpha value is 0.440. The molecular weight excluding hydrogens is 190 g/mol. The fourth-order valence-corrected chi connectivity index (χ4v) is 3.02. The van der Waals surface area contributed by atoms with E-state index in [1.54, 1.807) is 0 Å². The van der Waals surface area contributed by atoms with Crippen LogP contribution in [0.2, 0.25) is 0 Å². The smallest absolute Gasteiger partial charge is 0.0104 e.